The third-order valence-corrected chi connectivity index (χ3v) is 4.31. The molecule has 1 saturated heterocycles. The number of alkyl halides is 3. The molecule has 2 aromatic rings. The van der Waals surface area contributed by atoms with Crippen molar-refractivity contribution in [3.63, 3.8) is 0 Å². The lowest BCUT2D eigenvalue weighted by Gasteiger charge is -2.11. The molecule has 3 rings (SSSR count). The maximum Gasteiger partial charge on any atom is 0.505 e. The molecule has 9 heteroatoms. The van der Waals surface area contributed by atoms with Crippen LogP contribution in [0.2, 0.25) is 0 Å². The van der Waals surface area contributed by atoms with Gasteiger partial charge in [-0.05, 0) is 18.1 Å². The third kappa shape index (κ3) is 4.29. The van der Waals surface area contributed by atoms with Crippen LogP contribution in [0.3, 0.4) is 0 Å². The Kier molecular flexibility index (Phi) is 5.20. The van der Waals surface area contributed by atoms with Crippen molar-refractivity contribution in [1.82, 2.24) is 15.1 Å². The van der Waals surface area contributed by atoms with E-state index in [9.17, 15) is 22.8 Å². The molecule has 2 N–H and O–H groups in total. The lowest BCUT2D eigenvalue weighted by molar-refractivity contribution is -0.210. The number of aryl methyl sites for hydroxylation is 1. The summed E-state index contributed by atoms with van der Waals surface area (Å²) in [5.41, 5.74) is 1.13. The maximum absolute atomic E-state index is 13.4. The fourth-order valence-corrected chi connectivity index (χ4v) is 3.03. The predicted molar refractivity (Wildman–Crippen MR) is 92.7 cm³/mol. The first kappa shape index (κ1) is 18.9. The van der Waals surface area contributed by atoms with Crippen LogP contribution < -0.4 is 10.6 Å². The van der Waals surface area contributed by atoms with Gasteiger partial charge < -0.3 is 10.6 Å². The van der Waals surface area contributed by atoms with Crippen LogP contribution in [0.5, 0.6) is 0 Å². The van der Waals surface area contributed by atoms with Crippen LogP contribution in [-0.2, 0) is 22.3 Å². The molecule has 2 heterocycles. The van der Waals surface area contributed by atoms with E-state index in [1.165, 1.54) is 6.07 Å². The van der Waals surface area contributed by atoms with Gasteiger partial charge in [0.15, 0.2) is 5.82 Å². The molecule has 27 heavy (non-hydrogen) atoms. The van der Waals surface area contributed by atoms with Crippen LogP contribution in [0.15, 0.2) is 30.3 Å². The summed E-state index contributed by atoms with van der Waals surface area (Å²) in [5.74, 6) is -1.62. The summed E-state index contributed by atoms with van der Waals surface area (Å²) in [7, 11) is 0. The first-order valence-electron chi connectivity index (χ1n) is 8.62. The summed E-state index contributed by atoms with van der Waals surface area (Å²) in [4.78, 5) is 23.4. The molecule has 0 spiro atoms. The number of halogens is 3. The molecule has 0 bridgehead atoms. The Morgan fingerprint density at radius 1 is 1.37 bits per heavy atom. The number of rotatable bonds is 5. The van der Waals surface area contributed by atoms with Gasteiger partial charge in [-0.25, -0.2) is 0 Å². The maximum atomic E-state index is 13.4. The zero-order valence-electron chi connectivity index (χ0n) is 14.6. The zero-order chi connectivity index (χ0) is 19.6. The van der Waals surface area contributed by atoms with E-state index < -0.39 is 18.1 Å². The topological polar surface area (TPSA) is 76.0 Å². The summed E-state index contributed by atoms with van der Waals surface area (Å²) in [5, 5.41) is 8.42. The molecule has 1 aromatic carbocycles. The highest BCUT2D eigenvalue weighted by Gasteiger charge is 2.36. The molecule has 1 atom stereocenters. The van der Waals surface area contributed by atoms with Gasteiger partial charge in [0, 0.05) is 24.6 Å². The van der Waals surface area contributed by atoms with Crippen LogP contribution >= 0.6 is 0 Å². The molecule has 0 aliphatic carbocycles. The van der Waals surface area contributed by atoms with Gasteiger partial charge in [-0.15, -0.1) is 18.3 Å². The van der Waals surface area contributed by atoms with E-state index in [4.69, 9.17) is 0 Å². The first-order valence-corrected chi connectivity index (χ1v) is 8.62. The highest BCUT2D eigenvalue weighted by atomic mass is 19.4. The van der Waals surface area contributed by atoms with E-state index in [0.717, 1.165) is 18.4 Å². The van der Waals surface area contributed by atoms with Crippen LogP contribution in [-0.4, -0.2) is 28.1 Å². The second-order valence-electron chi connectivity index (χ2n) is 6.44. The van der Waals surface area contributed by atoms with Crippen molar-refractivity contribution in [3.8, 4) is 11.3 Å². The monoisotopic (exact) mass is 380 g/mol. The first-order chi connectivity index (χ1) is 12.8. The fraction of sp³-hybridized carbons (Fsp3) is 0.389. The number of amides is 2. The van der Waals surface area contributed by atoms with E-state index in [1.54, 1.807) is 18.2 Å². The lowest BCUT2D eigenvalue weighted by atomic mass is 10.0. The normalized spacial score (nSPS) is 17.0. The Labute approximate surface area is 153 Å². The fourth-order valence-electron chi connectivity index (χ4n) is 3.03. The predicted octanol–water partition coefficient (Wildman–Crippen LogP) is 3.05. The second-order valence-corrected chi connectivity index (χ2v) is 6.44. The Bertz CT molecular complexity index is 861. The number of nitrogens with one attached hydrogen (secondary N) is 2. The van der Waals surface area contributed by atoms with E-state index in [2.05, 4.69) is 15.7 Å². The minimum atomic E-state index is -4.73. The number of aromatic nitrogens is 2. The van der Waals surface area contributed by atoms with Crippen LogP contribution in [0.25, 0.3) is 11.3 Å². The quantitative estimate of drug-likeness (QED) is 0.837. The number of carbonyl (C=O) groups is 2. The summed E-state index contributed by atoms with van der Waals surface area (Å²) in [6.45, 7) is 2.15. The van der Waals surface area contributed by atoms with Crippen LogP contribution in [0.4, 0.5) is 19.0 Å². The van der Waals surface area contributed by atoms with Crippen molar-refractivity contribution in [2.75, 3.05) is 11.9 Å². The number of anilines is 1. The van der Waals surface area contributed by atoms with Crippen LogP contribution in [0.1, 0.15) is 25.3 Å². The minimum absolute atomic E-state index is 0.0116. The van der Waals surface area contributed by atoms with Crippen molar-refractivity contribution in [1.29, 1.82) is 0 Å². The Balaban J connectivity index is 1.91. The van der Waals surface area contributed by atoms with Crippen LogP contribution in [0, 0.1) is 5.92 Å². The SMILES string of the molecule is CCCc1cccc(-c2cc(NC(=O)[C@H]3CNC(=O)C3)nn2C(F)(F)F)c1. The average Bonchev–Trinajstić information content (AvgIpc) is 3.22. The molecule has 1 aromatic heterocycles. The summed E-state index contributed by atoms with van der Waals surface area (Å²) < 4.78 is 40.2. The lowest BCUT2D eigenvalue weighted by Crippen LogP contribution is -2.25. The van der Waals surface area contributed by atoms with Crippen molar-refractivity contribution >= 4 is 17.6 Å². The number of hydrogen-bond donors (Lipinski definition) is 2. The molecule has 0 saturated carbocycles. The largest absolute Gasteiger partial charge is 0.505 e. The van der Waals surface area contributed by atoms with Gasteiger partial charge in [0.25, 0.3) is 0 Å². The van der Waals surface area contributed by atoms with Crippen molar-refractivity contribution in [2.45, 2.75) is 32.5 Å². The second kappa shape index (κ2) is 7.42. The number of nitrogens with zero attached hydrogens (tertiary/aromatic N) is 2. The molecular weight excluding hydrogens is 361 g/mol. The van der Waals surface area contributed by atoms with Crippen molar-refractivity contribution < 1.29 is 22.8 Å². The number of benzene rings is 1. The van der Waals surface area contributed by atoms with Crippen molar-refractivity contribution in [3.05, 3.63) is 35.9 Å². The minimum Gasteiger partial charge on any atom is -0.355 e. The molecule has 0 radical (unpaired) electrons. The molecule has 6 nitrogen and oxygen atoms in total. The number of carbonyl (C=O) groups excluding carboxylic acids is 2. The molecule has 0 unspecified atom stereocenters. The Morgan fingerprint density at radius 3 is 2.78 bits per heavy atom. The molecule has 1 aliphatic heterocycles. The highest BCUT2D eigenvalue weighted by molar-refractivity contribution is 5.96. The number of hydrogen-bond acceptors (Lipinski definition) is 3. The third-order valence-electron chi connectivity index (χ3n) is 4.31. The summed E-state index contributed by atoms with van der Waals surface area (Å²) in [6, 6.07) is 8.01. The average molecular weight is 380 g/mol. The summed E-state index contributed by atoms with van der Waals surface area (Å²) in [6.07, 6.45) is -3.10. The van der Waals surface area contributed by atoms with Gasteiger partial charge in [-0.3, -0.25) is 9.59 Å². The van der Waals surface area contributed by atoms with Crippen molar-refractivity contribution in [2.24, 2.45) is 5.92 Å². The molecule has 2 amide bonds. The molecule has 1 aliphatic rings. The zero-order valence-corrected chi connectivity index (χ0v) is 14.6. The van der Waals surface area contributed by atoms with E-state index in [1.807, 2.05) is 13.0 Å². The van der Waals surface area contributed by atoms with Gasteiger partial charge >= 0.3 is 6.30 Å². The Hall–Kier alpha value is -2.84. The molecule has 1 fully saturated rings. The van der Waals surface area contributed by atoms with E-state index in [-0.39, 0.29) is 35.1 Å². The van der Waals surface area contributed by atoms with E-state index >= 15 is 0 Å². The Morgan fingerprint density at radius 2 is 2.15 bits per heavy atom. The standard InChI is InChI=1S/C18H19F3N4O2/c1-2-4-11-5-3-6-12(7-11)14-9-15(24-25(14)18(19,20)21)23-17(27)13-8-16(26)22-10-13/h3,5-7,9,13H,2,4,8,10H2,1H3,(H,22,26)(H,23,24,27)/t13-/m1/s1. The summed E-state index contributed by atoms with van der Waals surface area (Å²) >= 11 is 0. The smallest absolute Gasteiger partial charge is 0.355 e. The highest BCUT2D eigenvalue weighted by Crippen LogP contribution is 2.32. The van der Waals surface area contributed by atoms with Gasteiger partial charge in [0.05, 0.1) is 11.6 Å². The van der Waals surface area contributed by atoms with Gasteiger partial charge in [0.2, 0.25) is 11.8 Å². The van der Waals surface area contributed by atoms with E-state index in [0.29, 0.717) is 5.56 Å². The molecule has 144 valence electrons. The van der Waals surface area contributed by atoms with Gasteiger partial charge in [-0.2, -0.15) is 4.68 Å². The van der Waals surface area contributed by atoms with Gasteiger partial charge in [-0.1, -0.05) is 31.5 Å². The molecular formula is C18H19F3N4O2. The van der Waals surface area contributed by atoms with Gasteiger partial charge in [0.1, 0.15) is 0 Å².